The second-order valence-electron chi connectivity index (χ2n) is 6.14. The van der Waals surface area contributed by atoms with Gasteiger partial charge in [0.25, 0.3) is 11.5 Å². The molecule has 0 radical (unpaired) electrons. The van der Waals surface area contributed by atoms with Gasteiger partial charge < -0.3 is 10.3 Å². The maximum atomic E-state index is 13.4. The summed E-state index contributed by atoms with van der Waals surface area (Å²) in [7, 11) is 0. The molecule has 1 heterocycles. The van der Waals surface area contributed by atoms with Gasteiger partial charge in [-0.2, -0.15) is 13.2 Å². The third-order valence-electron chi connectivity index (χ3n) is 4.12. The van der Waals surface area contributed by atoms with E-state index < -0.39 is 40.3 Å². The number of rotatable bonds is 4. The number of hydrogen-bond acceptors (Lipinski definition) is 3. The molecule has 0 saturated heterocycles. The van der Waals surface area contributed by atoms with Crippen molar-refractivity contribution < 1.29 is 22.4 Å². The molecule has 30 heavy (non-hydrogen) atoms. The van der Waals surface area contributed by atoms with Crippen LogP contribution in [-0.4, -0.2) is 15.5 Å². The average molecular weight is 442 g/mol. The van der Waals surface area contributed by atoms with Gasteiger partial charge in [-0.3, -0.25) is 14.2 Å². The van der Waals surface area contributed by atoms with Crippen LogP contribution in [0.3, 0.4) is 0 Å². The van der Waals surface area contributed by atoms with Gasteiger partial charge in [-0.05, 0) is 29.8 Å². The first-order valence-electron chi connectivity index (χ1n) is 8.32. The van der Waals surface area contributed by atoms with Crippen molar-refractivity contribution in [3.8, 4) is 0 Å². The average Bonchev–Trinajstić information content (AvgIpc) is 2.67. The quantitative estimate of drug-likeness (QED) is 0.606. The number of carbonyl (C=O) groups excluding carboxylic acids is 1. The molecule has 1 aromatic heterocycles. The highest BCUT2D eigenvalue weighted by Crippen LogP contribution is 2.33. The molecule has 2 N–H and O–H groups in total. The van der Waals surface area contributed by atoms with Crippen LogP contribution >= 0.6 is 11.6 Å². The molecule has 156 valence electrons. The summed E-state index contributed by atoms with van der Waals surface area (Å²) in [6.45, 7) is -0.232. The number of halogens is 5. The third kappa shape index (κ3) is 4.43. The summed E-state index contributed by atoms with van der Waals surface area (Å²) in [6.07, 6.45) is -4.12. The van der Waals surface area contributed by atoms with E-state index in [4.69, 9.17) is 11.6 Å². The van der Waals surface area contributed by atoms with Crippen LogP contribution in [0.15, 0.2) is 58.3 Å². The molecule has 6 nitrogen and oxygen atoms in total. The Labute approximate surface area is 170 Å². The second kappa shape index (κ2) is 8.15. The molecule has 0 bridgehead atoms. The van der Waals surface area contributed by atoms with E-state index in [2.05, 4.69) is 10.3 Å². The van der Waals surface area contributed by atoms with Crippen molar-refractivity contribution in [2.24, 2.45) is 0 Å². The molecule has 0 aliphatic carbocycles. The first-order chi connectivity index (χ1) is 14.1. The van der Waals surface area contributed by atoms with E-state index in [1.54, 1.807) is 24.3 Å². The number of hydrogen-bond donors (Lipinski definition) is 2. The van der Waals surface area contributed by atoms with E-state index in [9.17, 15) is 31.9 Å². The smallest absolute Gasteiger partial charge is 0.322 e. The molecule has 0 saturated carbocycles. The zero-order valence-electron chi connectivity index (χ0n) is 14.9. The van der Waals surface area contributed by atoms with E-state index in [1.165, 1.54) is 0 Å². The van der Waals surface area contributed by atoms with Crippen LogP contribution < -0.4 is 16.6 Å². The van der Waals surface area contributed by atoms with E-state index in [0.29, 0.717) is 22.7 Å². The van der Waals surface area contributed by atoms with Crippen molar-refractivity contribution in [2.75, 3.05) is 5.32 Å². The van der Waals surface area contributed by atoms with Crippen molar-refractivity contribution in [1.29, 1.82) is 0 Å². The monoisotopic (exact) mass is 441 g/mol. The standard InChI is InChI=1S/C19H12ClF4N3O3/c20-14-4-2-1-3-10(14)9-27-17(29)12(8-25-18(27)30)16(28)26-11-5-6-15(21)13(7-11)19(22,23)24/h1-8H,9H2,(H,25,30)(H,26,28). The minimum atomic E-state index is -4.97. The Bertz CT molecular complexity index is 1230. The molecule has 0 aliphatic rings. The zero-order valence-corrected chi connectivity index (χ0v) is 15.6. The topological polar surface area (TPSA) is 84.0 Å². The number of carbonyl (C=O) groups is 1. The van der Waals surface area contributed by atoms with Crippen LogP contribution in [0.25, 0.3) is 0 Å². The van der Waals surface area contributed by atoms with Gasteiger partial charge in [-0.25, -0.2) is 9.18 Å². The van der Waals surface area contributed by atoms with Crippen LogP contribution in [0.4, 0.5) is 23.2 Å². The number of amides is 1. The summed E-state index contributed by atoms with van der Waals surface area (Å²) in [6, 6.07) is 8.29. The number of anilines is 1. The normalized spacial score (nSPS) is 11.4. The Kier molecular flexibility index (Phi) is 5.79. The van der Waals surface area contributed by atoms with Gasteiger partial charge in [0, 0.05) is 16.9 Å². The molecule has 11 heteroatoms. The maximum absolute atomic E-state index is 13.4. The molecule has 3 rings (SSSR count). The largest absolute Gasteiger partial charge is 0.419 e. The minimum absolute atomic E-state index is 0.232. The van der Waals surface area contributed by atoms with E-state index in [0.717, 1.165) is 16.8 Å². The first kappa shape index (κ1) is 21.3. The predicted octanol–water partition coefficient (Wildman–Crippen LogP) is 3.65. The molecule has 0 atom stereocenters. The second-order valence-corrected chi connectivity index (χ2v) is 6.54. The van der Waals surface area contributed by atoms with Gasteiger partial charge in [0.05, 0.1) is 12.1 Å². The summed E-state index contributed by atoms with van der Waals surface area (Å²) >= 11 is 6.02. The zero-order chi connectivity index (χ0) is 22.1. The van der Waals surface area contributed by atoms with E-state index >= 15 is 0 Å². The van der Waals surface area contributed by atoms with Gasteiger partial charge in [0.1, 0.15) is 11.4 Å². The van der Waals surface area contributed by atoms with Crippen LogP contribution in [0.5, 0.6) is 0 Å². The Hall–Kier alpha value is -3.40. The third-order valence-corrected chi connectivity index (χ3v) is 4.49. The lowest BCUT2D eigenvalue weighted by atomic mass is 10.1. The summed E-state index contributed by atoms with van der Waals surface area (Å²) < 4.78 is 52.6. The number of aromatic amines is 1. The van der Waals surface area contributed by atoms with Crippen LogP contribution in [0.2, 0.25) is 5.02 Å². The maximum Gasteiger partial charge on any atom is 0.419 e. The van der Waals surface area contributed by atoms with Crippen molar-refractivity contribution in [1.82, 2.24) is 9.55 Å². The lowest BCUT2D eigenvalue weighted by molar-refractivity contribution is -0.139. The molecular weight excluding hydrogens is 430 g/mol. The summed E-state index contributed by atoms with van der Waals surface area (Å²) in [5.74, 6) is -2.59. The fourth-order valence-corrected chi connectivity index (χ4v) is 2.83. The lowest BCUT2D eigenvalue weighted by Crippen LogP contribution is -2.39. The minimum Gasteiger partial charge on any atom is -0.322 e. The molecule has 0 aliphatic heterocycles. The highest BCUT2D eigenvalue weighted by molar-refractivity contribution is 6.31. The fraction of sp³-hybridized carbons (Fsp3) is 0.105. The van der Waals surface area contributed by atoms with E-state index in [1.807, 2.05) is 0 Å². The SMILES string of the molecule is O=C(Nc1ccc(F)c(C(F)(F)F)c1)c1c[nH]c(=O)n(Cc2ccccc2Cl)c1=O. The number of nitrogens with zero attached hydrogens (tertiary/aromatic N) is 1. The van der Waals surface area contributed by atoms with Gasteiger partial charge in [-0.15, -0.1) is 0 Å². The number of H-pyrrole nitrogens is 1. The molecule has 3 aromatic rings. The highest BCUT2D eigenvalue weighted by atomic mass is 35.5. The molecule has 1 amide bonds. The fourth-order valence-electron chi connectivity index (χ4n) is 2.63. The summed E-state index contributed by atoms with van der Waals surface area (Å²) in [4.78, 5) is 39.3. The molecule has 2 aromatic carbocycles. The Balaban J connectivity index is 1.94. The van der Waals surface area contributed by atoms with Crippen LogP contribution in [-0.2, 0) is 12.7 Å². The summed E-state index contributed by atoms with van der Waals surface area (Å²) in [5, 5.41) is 2.39. The predicted molar refractivity (Wildman–Crippen MR) is 101 cm³/mol. The van der Waals surface area contributed by atoms with Crippen molar-refractivity contribution in [3.05, 3.63) is 97.0 Å². The molecule has 0 fully saturated rings. The number of nitrogens with one attached hydrogen (secondary N) is 2. The number of alkyl halides is 3. The number of aromatic nitrogens is 2. The lowest BCUT2D eigenvalue weighted by Gasteiger charge is -2.12. The van der Waals surface area contributed by atoms with E-state index in [-0.39, 0.29) is 12.2 Å². The van der Waals surface area contributed by atoms with Gasteiger partial charge >= 0.3 is 11.9 Å². The Morgan fingerprint density at radius 3 is 2.50 bits per heavy atom. The number of benzene rings is 2. The van der Waals surface area contributed by atoms with Crippen molar-refractivity contribution in [3.63, 3.8) is 0 Å². The first-order valence-corrected chi connectivity index (χ1v) is 8.69. The van der Waals surface area contributed by atoms with Gasteiger partial charge in [0.2, 0.25) is 0 Å². The molecule has 0 spiro atoms. The molecule has 0 unspecified atom stereocenters. The Morgan fingerprint density at radius 1 is 1.13 bits per heavy atom. The van der Waals surface area contributed by atoms with Crippen LogP contribution in [0.1, 0.15) is 21.5 Å². The Morgan fingerprint density at radius 2 is 1.83 bits per heavy atom. The van der Waals surface area contributed by atoms with Crippen molar-refractivity contribution >= 4 is 23.2 Å². The highest BCUT2D eigenvalue weighted by Gasteiger charge is 2.34. The molecular formula is C19H12ClF4N3O3. The van der Waals surface area contributed by atoms with Crippen molar-refractivity contribution in [2.45, 2.75) is 12.7 Å². The van der Waals surface area contributed by atoms with Crippen LogP contribution in [0, 0.1) is 5.82 Å². The van der Waals surface area contributed by atoms with Gasteiger partial charge in [-0.1, -0.05) is 29.8 Å². The van der Waals surface area contributed by atoms with Gasteiger partial charge in [0.15, 0.2) is 0 Å². The summed E-state index contributed by atoms with van der Waals surface area (Å²) in [5.41, 5.74) is -3.82.